The number of carbonyl (C=O) groups is 3. The fourth-order valence-electron chi connectivity index (χ4n) is 3.20. The minimum absolute atomic E-state index is 0.0206. The number of hydrogen-bond acceptors (Lipinski definition) is 5. The van der Waals surface area contributed by atoms with Gasteiger partial charge in [-0.2, -0.15) is 0 Å². The summed E-state index contributed by atoms with van der Waals surface area (Å²) >= 11 is 1.47. The minimum Gasteiger partial charge on any atom is -0.466 e. The molecule has 26 heavy (non-hydrogen) atoms. The number of carbonyl (C=O) groups excluding carboxylic acids is 3. The number of thiophene rings is 1. The van der Waals surface area contributed by atoms with Crippen molar-refractivity contribution in [1.29, 1.82) is 0 Å². The average Bonchev–Trinajstić information content (AvgIpc) is 3.02. The van der Waals surface area contributed by atoms with Gasteiger partial charge < -0.3 is 14.5 Å². The van der Waals surface area contributed by atoms with E-state index >= 15 is 0 Å². The molecule has 1 aromatic heterocycles. The molecule has 0 spiro atoms. The molecule has 1 atom stereocenters. The van der Waals surface area contributed by atoms with Gasteiger partial charge >= 0.3 is 5.97 Å². The number of hydrogen-bond donors (Lipinski definition) is 0. The van der Waals surface area contributed by atoms with Crippen LogP contribution in [0.4, 0.5) is 0 Å². The number of likely N-dealkylation sites (tertiary alicyclic amines) is 1. The molecule has 2 amide bonds. The Bertz CT molecular complexity index is 670. The fraction of sp³-hybridized carbons (Fsp3) is 0.632. The van der Waals surface area contributed by atoms with Gasteiger partial charge in [0.2, 0.25) is 5.91 Å². The van der Waals surface area contributed by atoms with Gasteiger partial charge in [-0.15, -0.1) is 11.3 Å². The van der Waals surface area contributed by atoms with Crippen LogP contribution < -0.4 is 0 Å². The molecule has 0 N–H and O–H groups in total. The van der Waals surface area contributed by atoms with Crippen LogP contribution >= 0.6 is 11.3 Å². The monoisotopic (exact) mass is 380 g/mol. The third-order valence-electron chi connectivity index (χ3n) is 4.73. The third kappa shape index (κ3) is 4.84. The molecule has 1 aliphatic heterocycles. The van der Waals surface area contributed by atoms with Gasteiger partial charge in [0.1, 0.15) is 0 Å². The van der Waals surface area contributed by atoms with Crippen molar-refractivity contribution in [3.8, 4) is 0 Å². The first kappa shape index (κ1) is 20.4. The molecular weight excluding hydrogens is 352 g/mol. The molecule has 0 bridgehead atoms. The lowest BCUT2D eigenvalue weighted by atomic mass is 9.98. The summed E-state index contributed by atoms with van der Waals surface area (Å²) in [7, 11) is 1.65. The summed E-state index contributed by atoms with van der Waals surface area (Å²) in [6.07, 6.45) is 2.41. The summed E-state index contributed by atoms with van der Waals surface area (Å²) in [5.41, 5.74) is 1.17. The Balaban J connectivity index is 1.95. The molecule has 0 unspecified atom stereocenters. The Kier molecular flexibility index (Phi) is 7.20. The molecule has 1 saturated heterocycles. The van der Waals surface area contributed by atoms with Gasteiger partial charge in [0.25, 0.3) is 5.91 Å². The van der Waals surface area contributed by atoms with Crippen molar-refractivity contribution in [2.75, 3.05) is 33.3 Å². The van der Waals surface area contributed by atoms with Crippen molar-refractivity contribution < 1.29 is 19.1 Å². The van der Waals surface area contributed by atoms with E-state index in [0.717, 1.165) is 24.1 Å². The summed E-state index contributed by atoms with van der Waals surface area (Å²) in [5.74, 6) is -0.764. The van der Waals surface area contributed by atoms with Crippen molar-refractivity contribution in [2.24, 2.45) is 5.92 Å². The molecule has 0 aromatic carbocycles. The van der Waals surface area contributed by atoms with Gasteiger partial charge in [-0.1, -0.05) is 6.92 Å². The number of nitrogens with zero attached hydrogens (tertiary/aromatic N) is 2. The summed E-state index contributed by atoms with van der Waals surface area (Å²) < 4.78 is 5.07. The van der Waals surface area contributed by atoms with Crippen LogP contribution in [0.25, 0.3) is 0 Å². The number of aryl methyl sites for hydroxylation is 2. The summed E-state index contributed by atoms with van der Waals surface area (Å²) in [4.78, 5) is 42.0. The molecule has 1 aromatic rings. The first-order chi connectivity index (χ1) is 12.4. The van der Waals surface area contributed by atoms with Crippen LogP contribution in [-0.4, -0.2) is 60.9 Å². The van der Waals surface area contributed by atoms with Gasteiger partial charge in [0, 0.05) is 25.0 Å². The summed E-state index contributed by atoms with van der Waals surface area (Å²) in [6.45, 7) is 7.21. The maximum atomic E-state index is 12.6. The molecule has 1 aliphatic rings. The van der Waals surface area contributed by atoms with E-state index in [1.807, 2.05) is 13.0 Å². The van der Waals surface area contributed by atoms with E-state index in [0.29, 0.717) is 24.6 Å². The smallest absolute Gasteiger partial charge is 0.310 e. The SMILES string of the molecule is CCOC(=O)[C@@H]1CCCN(C(=O)CN(C)C(=O)c2cc(CC)c(C)s2)C1. The highest BCUT2D eigenvalue weighted by Gasteiger charge is 2.30. The first-order valence-corrected chi connectivity index (χ1v) is 9.98. The number of rotatable bonds is 6. The molecule has 0 saturated carbocycles. The second-order valence-electron chi connectivity index (χ2n) is 6.64. The molecule has 144 valence electrons. The Morgan fingerprint density at radius 2 is 2.08 bits per heavy atom. The normalized spacial score (nSPS) is 17.1. The van der Waals surface area contributed by atoms with Crippen molar-refractivity contribution in [1.82, 2.24) is 9.80 Å². The van der Waals surface area contributed by atoms with E-state index in [2.05, 4.69) is 6.92 Å². The van der Waals surface area contributed by atoms with Gasteiger partial charge in [-0.3, -0.25) is 14.4 Å². The fourth-order valence-corrected chi connectivity index (χ4v) is 4.30. The zero-order valence-electron chi connectivity index (χ0n) is 16.0. The van der Waals surface area contributed by atoms with Crippen LogP contribution in [0.15, 0.2) is 6.07 Å². The highest BCUT2D eigenvalue weighted by Crippen LogP contribution is 2.23. The number of ether oxygens (including phenoxy) is 1. The lowest BCUT2D eigenvalue weighted by Crippen LogP contribution is -2.47. The average molecular weight is 381 g/mol. The van der Waals surface area contributed by atoms with E-state index < -0.39 is 0 Å². The standard InChI is InChI=1S/C19H28N2O4S/c1-5-14-10-16(26-13(14)3)18(23)20(4)12-17(22)21-9-7-8-15(11-21)19(24)25-6-2/h10,15H,5-9,11-12H2,1-4H3/t15-/m1/s1. The highest BCUT2D eigenvalue weighted by atomic mass is 32.1. The van der Waals surface area contributed by atoms with E-state index in [9.17, 15) is 14.4 Å². The Hall–Kier alpha value is -1.89. The lowest BCUT2D eigenvalue weighted by molar-refractivity contribution is -0.151. The van der Waals surface area contributed by atoms with Crippen molar-refractivity contribution in [3.63, 3.8) is 0 Å². The predicted molar refractivity (Wildman–Crippen MR) is 101 cm³/mol. The number of esters is 1. The Morgan fingerprint density at radius 1 is 1.35 bits per heavy atom. The topological polar surface area (TPSA) is 66.9 Å². The van der Waals surface area contributed by atoms with Gasteiger partial charge in [0.05, 0.1) is 23.9 Å². The molecule has 0 radical (unpaired) electrons. The predicted octanol–water partition coefficient (Wildman–Crippen LogP) is 2.49. The lowest BCUT2D eigenvalue weighted by Gasteiger charge is -2.32. The maximum Gasteiger partial charge on any atom is 0.310 e. The molecule has 0 aliphatic carbocycles. The quantitative estimate of drug-likeness (QED) is 0.711. The van der Waals surface area contributed by atoms with E-state index in [-0.39, 0.29) is 30.2 Å². The Morgan fingerprint density at radius 3 is 2.69 bits per heavy atom. The molecule has 6 nitrogen and oxygen atoms in total. The van der Waals surface area contributed by atoms with Crippen LogP contribution in [0, 0.1) is 12.8 Å². The molecule has 7 heteroatoms. The summed E-state index contributed by atoms with van der Waals surface area (Å²) in [5, 5.41) is 0. The van der Waals surface area contributed by atoms with E-state index in [1.54, 1.807) is 18.9 Å². The van der Waals surface area contributed by atoms with Crippen LogP contribution in [-0.2, 0) is 20.7 Å². The second kappa shape index (κ2) is 9.16. The number of amides is 2. The van der Waals surface area contributed by atoms with Crippen LogP contribution in [0.1, 0.15) is 46.8 Å². The molecule has 2 rings (SSSR count). The zero-order valence-corrected chi connectivity index (χ0v) is 16.9. The Labute approximate surface area is 159 Å². The van der Waals surface area contributed by atoms with Gasteiger partial charge in [0.15, 0.2) is 0 Å². The van der Waals surface area contributed by atoms with Crippen molar-refractivity contribution >= 4 is 29.1 Å². The number of likely N-dealkylation sites (N-methyl/N-ethyl adjacent to an activating group) is 1. The van der Waals surface area contributed by atoms with E-state index in [4.69, 9.17) is 4.74 Å². The van der Waals surface area contributed by atoms with E-state index in [1.165, 1.54) is 21.8 Å². The first-order valence-electron chi connectivity index (χ1n) is 9.16. The third-order valence-corrected chi connectivity index (χ3v) is 5.81. The highest BCUT2D eigenvalue weighted by molar-refractivity contribution is 7.14. The molecular formula is C19H28N2O4S. The van der Waals surface area contributed by atoms with Gasteiger partial charge in [-0.05, 0) is 44.7 Å². The van der Waals surface area contributed by atoms with Crippen LogP contribution in [0.3, 0.4) is 0 Å². The van der Waals surface area contributed by atoms with Crippen LogP contribution in [0.5, 0.6) is 0 Å². The minimum atomic E-state index is -0.263. The van der Waals surface area contributed by atoms with Crippen LogP contribution in [0.2, 0.25) is 0 Å². The molecule has 2 heterocycles. The number of piperidine rings is 1. The molecule has 1 fully saturated rings. The van der Waals surface area contributed by atoms with Gasteiger partial charge in [-0.25, -0.2) is 0 Å². The van der Waals surface area contributed by atoms with Crippen molar-refractivity contribution in [3.05, 3.63) is 21.4 Å². The maximum absolute atomic E-state index is 12.6. The largest absolute Gasteiger partial charge is 0.466 e. The summed E-state index contributed by atoms with van der Waals surface area (Å²) in [6, 6.07) is 1.92. The second-order valence-corrected chi connectivity index (χ2v) is 7.89. The zero-order chi connectivity index (χ0) is 19.3. The van der Waals surface area contributed by atoms with Crippen molar-refractivity contribution in [2.45, 2.75) is 40.0 Å².